The Kier molecular flexibility index (Phi) is 3.98. The first-order chi connectivity index (χ1) is 9.00. The molecule has 2 rings (SSSR count). The van der Waals surface area contributed by atoms with E-state index in [2.05, 4.69) is 5.32 Å². The van der Waals surface area contributed by atoms with Gasteiger partial charge in [0.25, 0.3) is 0 Å². The third kappa shape index (κ3) is 3.40. The average Bonchev–Trinajstić information content (AvgIpc) is 2.88. The highest BCUT2D eigenvalue weighted by Crippen LogP contribution is 2.32. The number of nitrogens with zero attached hydrogens (tertiary/aromatic N) is 1. The standard InChI is InChI=1S/C14H15F3N2/c15-14(16,17)12-5-6-13(11(7-12)8-18)19-9-10-3-1-2-4-10/h5-7,10,19H,1-4,9H2. The molecule has 0 bridgehead atoms. The predicted octanol–water partition coefficient (Wildman–Crippen LogP) is 4.18. The third-order valence-corrected chi connectivity index (χ3v) is 3.52. The Labute approximate surface area is 110 Å². The highest BCUT2D eigenvalue weighted by molar-refractivity contribution is 5.59. The van der Waals surface area contributed by atoms with Crippen LogP contribution in [0, 0.1) is 17.2 Å². The number of halogens is 3. The first-order valence-corrected chi connectivity index (χ1v) is 6.36. The first kappa shape index (κ1) is 13.7. The molecule has 1 aromatic carbocycles. The smallest absolute Gasteiger partial charge is 0.384 e. The van der Waals surface area contributed by atoms with E-state index in [-0.39, 0.29) is 5.56 Å². The van der Waals surface area contributed by atoms with Gasteiger partial charge in [0.2, 0.25) is 0 Å². The molecule has 0 atom stereocenters. The molecule has 0 unspecified atom stereocenters. The Balaban J connectivity index is 2.10. The van der Waals surface area contributed by atoms with E-state index >= 15 is 0 Å². The quantitative estimate of drug-likeness (QED) is 0.892. The fourth-order valence-corrected chi connectivity index (χ4v) is 2.44. The monoisotopic (exact) mass is 268 g/mol. The lowest BCUT2D eigenvalue weighted by Gasteiger charge is -2.14. The van der Waals surface area contributed by atoms with Crippen LogP contribution < -0.4 is 5.32 Å². The van der Waals surface area contributed by atoms with Crippen molar-refractivity contribution >= 4 is 5.69 Å². The summed E-state index contributed by atoms with van der Waals surface area (Å²) in [6, 6.07) is 5.08. The van der Waals surface area contributed by atoms with Crippen molar-refractivity contribution in [2.45, 2.75) is 31.9 Å². The lowest BCUT2D eigenvalue weighted by atomic mass is 10.1. The summed E-state index contributed by atoms with van der Waals surface area (Å²) in [5.74, 6) is 0.564. The SMILES string of the molecule is N#Cc1cc(C(F)(F)F)ccc1NCC1CCCC1. The molecule has 19 heavy (non-hydrogen) atoms. The molecule has 102 valence electrons. The minimum atomic E-state index is -4.41. The second kappa shape index (κ2) is 5.52. The summed E-state index contributed by atoms with van der Waals surface area (Å²) in [7, 11) is 0. The van der Waals surface area contributed by atoms with Gasteiger partial charge in [-0.25, -0.2) is 0 Å². The molecular weight excluding hydrogens is 253 g/mol. The largest absolute Gasteiger partial charge is 0.416 e. The second-order valence-electron chi connectivity index (χ2n) is 4.90. The fourth-order valence-electron chi connectivity index (χ4n) is 2.44. The molecule has 0 amide bonds. The zero-order valence-electron chi connectivity index (χ0n) is 10.4. The van der Waals surface area contributed by atoms with Gasteiger partial charge in [-0.05, 0) is 37.0 Å². The van der Waals surface area contributed by atoms with Gasteiger partial charge in [-0.3, -0.25) is 0 Å². The van der Waals surface area contributed by atoms with Gasteiger partial charge in [0, 0.05) is 6.54 Å². The zero-order valence-corrected chi connectivity index (χ0v) is 10.4. The van der Waals surface area contributed by atoms with E-state index in [1.807, 2.05) is 6.07 Å². The predicted molar refractivity (Wildman–Crippen MR) is 66.6 cm³/mol. The zero-order chi connectivity index (χ0) is 13.9. The number of nitrogens with one attached hydrogen (secondary N) is 1. The summed E-state index contributed by atoms with van der Waals surface area (Å²) in [6.07, 6.45) is 0.315. The lowest BCUT2D eigenvalue weighted by Crippen LogP contribution is -2.12. The van der Waals surface area contributed by atoms with E-state index in [1.54, 1.807) is 0 Å². The minimum Gasteiger partial charge on any atom is -0.384 e. The summed E-state index contributed by atoms with van der Waals surface area (Å²) in [4.78, 5) is 0. The fraction of sp³-hybridized carbons (Fsp3) is 0.500. The van der Waals surface area contributed by atoms with Crippen LogP contribution in [-0.2, 0) is 6.18 Å². The maximum absolute atomic E-state index is 12.5. The molecule has 0 radical (unpaired) electrons. The third-order valence-electron chi connectivity index (χ3n) is 3.52. The Bertz CT molecular complexity index is 482. The molecule has 1 saturated carbocycles. The number of nitriles is 1. The molecule has 0 saturated heterocycles. The van der Waals surface area contributed by atoms with E-state index in [0.29, 0.717) is 11.6 Å². The van der Waals surface area contributed by atoms with Crippen molar-refractivity contribution < 1.29 is 13.2 Å². The van der Waals surface area contributed by atoms with Crippen molar-refractivity contribution in [3.63, 3.8) is 0 Å². The van der Waals surface area contributed by atoms with Crippen molar-refractivity contribution in [3.05, 3.63) is 29.3 Å². The summed E-state index contributed by atoms with van der Waals surface area (Å²) >= 11 is 0. The molecule has 0 aromatic heterocycles. The molecule has 1 aliphatic rings. The van der Waals surface area contributed by atoms with Gasteiger partial charge in [0.15, 0.2) is 0 Å². The van der Waals surface area contributed by atoms with Crippen LogP contribution in [0.1, 0.15) is 36.8 Å². The second-order valence-corrected chi connectivity index (χ2v) is 4.90. The van der Waals surface area contributed by atoms with E-state index in [9.17, 15) is 13.2 Å². The number of hydrogen-bond donors (Lipinski definition) is 1. The van der Waals surface area contributed by atoms with Crippen LogP contribution in [0.3, 0.4) is 0 Å². The number of anilines is 1. The van der Waals surface area contributed by atoms with Crippen molar-refractivity contribution in [2.75, 3.05) is 11.9 Å². The van der Waals surface area contributed by atoms with E-state index in [0.717, 1.165) is 31.5 Å². The Morgan fingerprint density at radius 3 is 2.53 bits per heavy atom. The summed E-state index contributed by atoms with van der Waals surface area (Å²) < 4.78 is 37.6. The average molecular weight is 268 g/mol. The van der Waals surface area contributed by atoms with Crippen LogP contribution in [0.25, 0.3) is 0 Å². The molecule has 0 spiro atoms. The molecule has 1 aromatic rings. The molecule has 1 aliphatic carbocycles. The maximum Gasteiger partial charge on any atom is 0.416 e. The molecular formula is C14H15F3N2. The summed E-state index contributed by atoms with van der Waals surface area (Å²) in [5.41, 5.74) is -0.245. The van der Waals surface area contributed by atoms with Crippen LogP contribution in [0.4, 0.5) is 18.9 Å². The van der Waals surface area contributed by atoms with Crippen LogP contribution in [-0.4, -0.2) is 6.54 Å². The van der Waals surface area contributed by atoms with Crippen molar-refractivity contribution in [1.82, 2.24) is 0 Å². The van der Waals surface area contributed by atoms with Gasteiger partial charge in [0.1, 0.15) is 6.07 Å². The van der Waals surface area contributed by atoms with Crippen LogP contribution in [0.15, 0.2) is 18.2 Å². The summed E-state index contributed by atoms with van der Waals surface area (Å²) in [6.45, 7) is 0.722. The first-order valence-electron chi connectivity index (χ1n) is 6.36. The van der Waals surface area contributed by atoms with Gasteiger partial charge in [0.05, 0.1) is 16.8 Å². The summed E-state index contributed by atoms with van der Waals surface area (Å²) in [5, 5.41) is 12.0. The number of hydrogen-bond acceptors (Lipinski definition) is 2. The number of alkyl halides is 3. The molecule has 2 nitrogen and oxygen atoms in total. The van der Waals surface area contributed by atoms with Gasteiger partial charge in [-0.1, -0.05) is 12.8 Å². The number of benzene rings is 1. The Hall–Kier alpha value is -1.70. The molecule has 5 heteroatoms. The highest BCUT2D eigenvalue weighted by atomic mass is 19.4. The van der Waals surface area contributed by atoms with Crippen LogP contribution >= 0.6 is 0 Å². The van der Waals surface area contributed by atoms with E-state index < -0.39 is 11.7 Å². The molecule has 0 aliphatic heterocycles. The maximum atomic E-state index is 12.5. The Morgan fingerprint density at radius 1 is 1.26 bits per heavy atom. The minimum absolute atomic E-state index is 0.0489. The Morgan fingerprint density at radius 2 is 1.95 bits per heavy atom. The van der Waals surface area contributed by atoms with Crippen molar-refractivity contribution in [1.29, 1.82) is 5.26 Å². The molecule has 1 N–H and O–H groups in total. The van der Waals surface area contributed by atoms with Crippen LogP contribution in [0.2, 0.25) is 0 Å². The van der Waals surface area contributed by atoms with Crippen molar-refractivity contribution in [2.24, 2.45) is 5.92 Å². The number of rotatable bonds is 3. The van der Waals surface area contributed by atoms with Gasteiger partial charge >= 0.3 is 6.18 Å². The highest BCUT2D eigenvalue weighted by Gasteiger charge is 2.31. The topological polar surface area (TPSA) is 35.8 Å². The van der Waals surface area contributed by atoms with Crippen LogP contribution in [0.5, 0.6) is 0 Å². The molecule has 0 heterocycles. The van der Waals surface area contributed by atoms with Gasteiger partial charge in [-0.2, -0.15) is 18.4 Å². The molecule has 1 fully saturated rings. The lowest BCUT2D eigenvalue weighted by molar-refractivity contribution is -0.137. The normalized spacial score (nSPS) is 16.3. The van der Waals surface area contributed by atoms with Gasteiger partial charge in [-0.15, -0.1) is 0 Å². The van der Waals surface area contributed by atoms with Gasteiger partial charge < -0.3 is 5.32 Å². The van der Waals surface area contributed by atoms with E-state index in [1.165, 1.54) is 18.9 Å². The van der Waals surface area contributed by atoms with Crippen molar-refractivity contribution in [3.8, 4) is 6.07 Å². The van der Waals surface area contributed by atoms with E-state index in [4.69, 9.17) is 5.26 Å².